The normalized spacial score (nSPS) is 11.7. The second-order valence-corrected chi connectivity index (χ2v) is 9.40. The number of aromatic nitrogens is 2. The highest BCUT2D eigenvalue weighted by atomic mass is 16.3. The zero-order chi connectivity index (χ0) is 26.3. The molecule has 186 valence electrons. The van der Waals surface area contributed by atoms with Gasteiger partial charge in [-0.3, -0.25) is 4.99 Å². The fraction of sp³-hybridized carbons (Fsp3) is 0. The Labute approximate surface area is 224 Å². The zero-order valence-electron chi connectivity index (χ0n) is 20.9. The van der Waals surface area contributed by atoms with Gasteiger partial charge in [0.1, 0.15) is 11.5 Å². The van der Waals surface area contributed by atoms with Crippen LogP contribution in [0, 0.1) is 0 Å². The van der Waals surface area contributed by atoms with Crippen LogP contribution in [0.3, 0.4) is 0 Å². The quantitative estimate of drug-likeness (QED) is 0.237. The first-order valence-electron chi connectivity index (χ1n) is 12.7. The van der Waals surface area contributed by atoms with Gasteiger partial charge in [-0.25, -0.2) is 4.98 Å². The summed E-state index contributed by atoms with van der Waals surface area (Å²) in [5.74, 6) is 0.343. The van der Waals surface area contributed by atoms with Gasteiger partial charge in [0.15, 0.2) is 0 Å². The number of fused-ring (bicyclic) bond motifs is 4. The monoisotopic (exact) mass is 505 g/mol. The topological polar surface area (TPSA) is 70.6 Å². The summed E-state index contributed by atoms with van der Waals surface area (Å²) in [5, 5.41) is 25.4. The van der Waals surface area contributed by atoms with Gasteiger partial charge >= 0.3 is 0 Å². The van der Waals surface area contributed by atoms with Crippen LogP contribution in [0.4, 0.5) is 5.69 Å². The number of benzene rings is 5. The van der Waals surface area contributed by atoms with Crippen LogP contribution in [0.25, 0.3) is 49.5 Å². The number of nitrogens with zero attached hydrogens (tertiary/aromatic N) is 3. The molecule has 0 saturated carbocycles. The molecule has 2 aromatic heterocycles. The standard InChI is InChI=1S/C34H23N3O2/c38-30-18-7-10-22-9-6-15-27(32(22)30)35-21-23-11-8-16-28(36-23)33-31(39)20-19-26-25-14-4-5-17-29(25)37(34(26)33)24-12-2-1-3-13-24/h1-21,38-39H. The Morgan fingerprint density at radius 1 is 0.641 bits per heavy atom. The highest BCUT2D eigenvalue weighted by Gasteiger charge is 2.20. The molecule has 0 aliphatic carbocycles. The van der Waals surface area contributed by atoms with Crippen molar-refractivity contribution in [3.05, 3.63) is 127 Å². The number of pyridine rings is 1. The lowest BCUT2D eigenvalue weighted by atomic mass is 10.0. The molecule has 5 nitrogen and oxygen atoms in total. The average molecular weight is 506 g/mol. The van der Waals surface area contributed by atoms with Crippen LogP contribution in [-0.4, -0.2) is 26.0 Å². The Kier molecular flexibility index (Phi) is 5.34. The van der Waals surface area contributed by atoms with E-state index in [1.807, 2.05) is 84.9 Å². The van der Waals surface area contributed by atoms with E-state index in [0.29, 0.717) is 28.0 Å². The van der Waals surface area contributed by atoms with Crippen LogP contribution in [-0.2, 0) is 0 Å². The summed E-state index contributed by atoms with van der Waals surface area (Å²) in [7, 11) is 0. The van der Waals surface area contributed by atoms with Crippen LogP contribution >= 0.6 is 0 Å². The van der Waals surface area contributed by atoms with Crippen LogP contribution < -0.4 is 0 Å². The summed E-state index contributed by atoms with van der Waals surface area (Å²) >= 11 is 0. The summed E-state index contributed by atoms with van der Waals surface area (Å²) in [6.07, 6.45) is 1.69. The summed E-state index contributed by atoms with van der Waals surface area (Å²) in [6.45, 7) is 0. The number of aliphatic imine (C=N–C) groups is 1. The molecule has 0 unspecified atom stereocenters. The third-order valence-electron chi connectivity index (χ3n) is 7.05. The maximum absolute atomic E-state index is 11.2. The smallest absolute Gasteiger partial charge is 0.127 e. The van der Waals surface area contributed by atoms with E-state index in [1.54, 1.807) is 18.3 Å². The van der Waals surface area contributed by atoms with Crippen LogP contribution in [0.15, 0.2) is 126 Å². The van der Waals surface area contributed by atoms with Crippen molar-refractivity contribution in [2.75, 3.05) is 0 Å². The number of rotatable bonds is 4. The van der Waals surface area contributed by atoms with E-state index in [1.165, 1.54) is 0 Å². The summed E-state index contributed by atoms with van der Waals surface area (Å²) in [6, 6.07) is 39.0. The Bertz CT molecular complexity index is 2040. The molecule has 0 aliphatic heterocycles. The van der Waals surface area contributed by atoms with E-state index in [9.17, 15) is 10.2 Å². The molecule has 7 aromatic rings. The number of aromatic hydroxyl groups is 2. The van der Waals surface area contributed by atoms with Crippen molar-refractivity contribution < 1.29 is 10.2 Å². The van der Waals surface area contributed by atoms with E-state index in [0.717, 1.165) is 32.9 Å². The molecule has 2 heterocycles. The molecule has 5 aromatic carbocycles. The third kappa shape index (κ3) is 3.80. The number of hydrogen-bond donors (Lipinski definition) is 2. The van der Waals surface area contributed by atoms with Gasteiger partial charge in [-0.15, -0.1) is 0 Å². The Morgan fingerprint density at radius 2 is 1.41 bits per heavy atom. The average Bonchev–Trinajstić information content (AvgIpc) is 3.31. The van der Waals surface area contributed by atoms with Gasteiger partial charge in [-0.1, -0.05) is 66.7 Å². The van der Waals surface area contributed by atoms with Crippen molar-refractivity contribution in [3.8, 4) is 28.4 Å². The SMILES string of the molecule is Oc1ccc2c3ccccc3n(-c3ccccc3)c2c1-c1cccc(C=Nc2cccc3cccc(O)c23)n1. The summed E-state index contributed by atoms with van der Waals surface area (Å²) in [4.78, 5) is 9.56. The molecule has 0 fully saturated rings. The first kappa shape index (κ1) is 22.8. The number of para-hydroxylation sites is 2. The van der Waals surface area contributed by atoms with Crippen LogP contribution in [0.5, 0.6) is 11.5 Å². The van der Waals surface area contributed by atoms with Crippen molar-refractivity contribution in [1.82, 2.24) is 9.55 Å². The Balaban J connectivity index is 1.42. The predicted octanol–water partition coefficient (Wildman–Crippen LogP) is 8.16. The number of phenolic OH excluding ortho intramolecular Hbond substituents is 2. The minimum Gasteiger partial charge on any atom is -0.507 e. The van der Waals surface area contributed by atoms with E-state index >= 15 is 0 Å². The van der Waals surface area contributed by atoms with Crippen molar-refractivity contribution in [1.29, 1.82) is 0 Å². The highest BCUT2D eigenvalue weighted by molar-refractivity contribution is 6.14. The molecular weight excluding hydrogens is 482 g/mol. The predicted molar refractivity (Wildman–Crippen MR) is 159 cm³/mol. The lowest BCUT2D eigenvalue weighted by Gasteiger charge is -2.13. The summed E-state index contributed by atoms with van der Waals surface area (Å²) < 4.78 is 2.18. The molecule has 0 bridgehead atoms. The number of phenols is 2. The van der Waals surface area contributed by atoms with Gasteiger partial charge in [0, 0.05) is 21.8 Å². The van der Waals surface area contributed by atoms with E-state index < -0.39 is 0 Å². The van der Waals surface area contributed by atoms with Crippen LogP contribution in [0.1, 0.15) is 5.69 Å². The van der Waals surface area contributed by atoms with Crippen molar-refractivity contribution in [2.45, 2.75) is 0 Å². The Hall–Kier alpha value is -5.42. The van der Waals surface area contributed by atoms with E-state index in [2.05, 4.69) is 33.8 Å². The maximum atomic E-state index is 11.2. The second kappa shape index (κ2) is 9.15. The largest absolute Gasteiger partial charge is 0.507 e. The lowest BCUT2D eigenvalue weighted by molar-refractivity contribution is 0.477. The molecule has 0 spiro atoms. The minimum absolute atomic E-state index is 0.156. The lowest BCUT2D eigenvalue weighted by Crippen LogP contribution is -1.97. The molecular formula is C34H23N3O2. The highest BCUT2D eigenvalue weighted by Crippen LogP contribution is 2.42. The molecule has 0 amide bonds. The molecule has 2 N–H and O–H groups in total. The van der Waals surface area contributed by atoms with Gasteiger partial charge in [-0.2, -0.15) is 0 Å². The molecule has 0 radical (unpaired) electrons. The molecule has 0 aliphatic rings. The van der Waals surface area contributed by atoms with Gasteiger partial charge in [0.25, 0.3) is 0 Å². The maximum Gasteiger partial charge on any atom is 0.127 e. The first-order chi connectivity index (χ1) is 19.2. The van der Waals surface area contributed by atoms with E-state index in [-0.39, 0.29) is 11.5 Å². The number of hydrogen-bond acceptors (Lipinski definition) is 4. The van der Waals surface area contributed by atoms with Gasteiger partial charge in [0.05, 0.1) is 39.9 Å². The minimum atomic E-state index is 0.156. The zero-order valence-corrected chi connectivity index (χ0v) is 20.9. The van der Waals surface area contributed by atoms with Gasteiger partial charge < -0.3 is 14.8 Å². The molecule has 0 atom stereocenters. The Morgan fingerprint density at radius 3 is 2.28 bits per heavy atom. The fourth-order valence-electron chi connectivity index (χ4n) is 5.35. The molecule has 5 heteroatoms. The molecule has 7 rings (SSSR count). The first-order valence-corrected chi connectivity index (χ1v) is 12.7. The van der Waals surface area contributed by atoms with Gasteiger partial charge in [0.2, 0.25) is 0 Å². The van der Waals surface area contributed by atoms with Crippen LogP contribution in [0.2, 0.25) is 0 Å². The molecule has 0 saturated heterocycles. The van der Waals surface area contributed by atoms with Crippen molar-refractivity contribution in [3.63, 3.8) is 0 Å². The van der Waals surface area contributed by atoms with Crippen molar-refractivity contribution >= 4 is 44.5 Å². The third-order valence-corrected chi connectivity index (χ3v) is 7.05. The molecule has 39 heavy (non-hydrogen) atoms. The van der Waals surface area contributed by atoms with Crippen molar-refractivity contribution in [2.24, 2.45) is 4.99 Å². The van der Waals surface area contributed by atoms with E-state index in [4.69, 9.17) is 4.98 Å². The fourth-order valence-corrected chi connectivity index (χ4v) is 5.35. The second-order valence-electron chi connectivity index (χ2n) is 9.40. The van der Waals surface area contributed by atoms with Gasteiger partial charge in [-0.05, 0) is 60.0 Å². The summed E-state index contributed by atoms with van der Waals surface area (Å²) in [5.41, 5.74) is 5.55.